The summed E-state index contributed by atoms with van der Waals surface area (Å²) in [4.78, 5) is 0. The van der Waals surface area contributed by atoms with Crippen molar-refractivity contribution in [3.05, 3.63) is 0 Å². The molecule has 2 aliphatic heterocycles. The molecule has 2 heterocycles. The summed E-state index contributed by atoms with van der Waals surface area (Å²) in [5.41, 5.74) is -0.533. The van der Waals surface area contributed by atoms with Crippen LogP contribution in [-0.4, -0.2) is 99.5 Å². The molecule has 0 aromatic rings. The predicted octanol–water partition coefficient (Wildman–Crippen LogP) is -0.998. The van der Waals surface area contributed by atoms with Gasteiger partial charge in [0.2, 0.25) is 0 Å². The van der Waals surface area contributed by atoms with E-state index in [1.165, 1.54) is 0 Å². The maximum atomic E-state index is 11.2. The van der Waals surface area contributed by atoms with Crippen LogP contribution < -0.4 is 0 Å². The first kappa shape index (κ1) is 24.3. The van der Waals surface area contributed by atoms with Crippen LogP contribution in [0, 0.1) is 23.2 Å². The minimum absolute atomic E-state index is 0.0616. The summed E-state index contributed by atoms with van der Waals surface area (Å²) in [7, 11) is 0. The highest BCUT2D eigenvalue weighted by Crippen LogP contribution is 2.57. The summed E-state index contributed by atoms with van der Waals surface area (Å²) in [5.74, 6) is 0.380. The molecule has 30 heavy (non-hydrogen) atoms. The van der Waals surface area contributed by atoms with E-state index >= 15 is 0 Å². The van der Waals surface area contributed by atoms with Gasteiger partial charge in [-0.15, -0.1) is 0 Å². The Kier molecular flexibility index (Phi) is 7.80. The Labute approximate surface area is 177 Å². The monoisotopic (exact) mass is 434 g/mol. The Balaban J connectivity index is 1.68. The second-order valence-electron chi connectivity index (χ2n) is 9.86. The lowest BCUT2D eigenvalue weighted by Crippen LogP contribution is -2.63. The van der Waals surface area contributed by atoms with Crippen LogP contribution in [-0.2, 0) is 14.2 Å². The standard InChI is InChI=1S/C21H38O9/c1-10(2)4-14-19(27)21(3)11(6-13(23)9-28-14)5-12(21)8-29-20-18(26)17(25)16(24)15(7-22)30-20/h10-20,22-27H,4-9H2,1-3H3/t11?,12-,13?,14?,15?,16?,17?,18?,19+,20?,21-/m0/s1. The molecule has 0 amide bonds. The normalized spacial score (nSPS) is 49.8. The van der Waals surface area contributed by atoms with Gasteiger partial charge in [0, 0.05) is 5.41 Å². The van der Waals surface area contributed by atoms with Gasteiger partial charge in [-0.25, -0.2) is 0 Å². The molecule has 11 atom stereocenters. The van der Waals surface area contributed by atoms with Crippen LogP contribution in [0.15, 0.2) is 0 Å². The van der Waals surface area contributed by atoms with Gasteiger partial charge in [-0.1, -0.05) is 20.8 Å². The first-order valence-corrected chi connectivity index (χ1v) is 11.0. The maximum absolute atomic E-state index is 11.2. The Morgan fingerprint density at radius 2 is 1.70 bits per heavy atom. The molecule has 9 nitrogen and oxygen atoms in total. The first-order chi connectivity index (χ1) is 14.1. The minimum Gasteiger partial charge on any atom is -0.394 e. The van der Waals surface area contributed by atoms with Gasteiger partial charge in [-0.2, -0.15) is 0 Å². The minimum atomic E-state index is -1.49. The number of hydrogen-bond acceptors (Lipinski definition) is 9. The summed E-state index contributed by atoms with van der Waals surface area (Å²) >= 11 is 0. The highest BCUT2D eigenvalue weighted by atomic mass is 16.7. The van der Waals surface area contributed by atoms with Crippen molar-refractivity contribution >= 4 is 0 Å². The molecular weight excluding hydrogens is 396 g/mol. The van der Waals surface area contributed by atoms with Crippen LogP contribution in [0.2, 0.25) is 0 Å². The van der Waals surface area contributed by atoms with Crippen LogP contribution in [0.25, 0.3) is 0 Å². The molecule has 1 saturated carbocycles. The summed E-state index contributed by atoms with van der Waals surface area (Å²) in [6.45, 7) is 5.97. The summed E-state index contributed by atoms with van der Waals surface area (Å²) in [6, 6.07) is 0. The van der Waals surface area contributed by atoms with Crippen LogP contribution >= 0.6 is 0 Å². The van der Waals surface area contributed by atoms with Gasteiger partial charge in [-0.05, 0) is 37.0 Å². The molecule has 6 N–H and O–H groups in total. The Morgan fingerprint density at radius 1 is 1.00 bits per heavy atom. The molecule has 0 aromatic carbocycles. The maximum Gasteiger partial charge on any atom is 0.186 e. The lowest BCUT2D eigenvalue weighted by molar-refractivity contribution is -0.312. The van der Waals surface area contributed by atoms with E-state index in [2.05, 4.69) is 13.8 Å². The molecule has 3 rings (SSSR count). The van der Waals surface area contributed by atoms with Crippen LogP contribution in [0.5, 0.6) is 0 Å². The molecule has 3 aliphatic rings. The number of aliphatic hydroxyl groups excluding tert-OH is 6. The van der Waals surface area contributed by atoms with Crippen molar-refractivity contribution in [2.75, 3.05) is 19.8 Å². The molecule has 3 fully saturated rings. The van der Waals surface area contributed by atoms with Gasteiger partial charge in [0.1, 0.15) is 24.4 Å². The molecule has 8 unspecified atom stereocenters. The van der Waals surface area contributed by atoms with E-state index in [0.29, 0.717) is 18.8 Å². The highest BCUT2D eigenvalue weighted by Gasteiger charge is 2.59. The molecule has 9 heteroatoms. The molecular formula is C21H38O9. The summed E-state index contributed by atoms with van der Waals surface area (Å²) in [5, 5.41) is 60.9. The number of hydrogen-bond donors (Lipinski definition) is 6. The average molecular weight is 435 g/mol. The smallest absolute Gasteiger partial charge is 0.186 e. The third kappa shape index (κ3) is 4.55. The van der Waals surface area contributed by atoms with Crippen molar-refractivity contribution < 1.29 is 44.8 Å². The van der Waals surface area contributed by atoms with Gasteiger partial charge in [0.05, 0.1) is 38.1 Å². The van der Waals surface area contributed by atoms with E-state index in [4.69, 9.17) is 14.2 Å². The summed E-state index contributed by atoms with van der Waals surface area (Å²) in [6.07, 6.45) is -6.32. The fourth-order valence-corrected chi connectivity index (χ4v) is 5.31. The van der Waals surface area contributed by atoms with Crippen molar-refractivity contribution in [3.63, 3.8) is 0 Å². The zero-order valence-corrected chi connectivity index (χ0v) is 18.0. The summed E-state index contributed by atoms with van der Waals surface area (Å²) < 4.78 is 17.0. The van der Waals surface area contributed by atoms with E-state index < -0.39 is 54.9 Å². The molecule has 1 aliphatic carbocycles. The largest absolute Gasteiger partial charge is 0.394 e. The number of aliphatic hydroxyl groups is 6. The second kappa shape index (κ2) is 9.64. The first-order valence-electron chi connectivity index (χ1n) is 11.0. The average Bonchev–Trinajstić information content (AvgIpc) is 2.70. The van der Waals surface area contributed by atoms with E-state index in [-0.39, 0.29) is 31.2 Å². The van der Waals surface area contributed by atoms with Crippen molar-refractivity contribution in [1.29, 1.82) is 0 Å². The molecule has 2 saturated heterocycles. The number of fused-ring (bicyclic) bond motifs is 1. The van der Waals surface area contributed by atoms with Crippen LogP contribution in [0.3, 0.4) is 0 Å². The molecule has 0 aromatic heterocycles. The van der Waals surface area contributed by atoms with Gasteiger partial charge in [0.25, 0.3) is 0 Å². The van der Waals surface area contributed by atoms with Crippen LogP contribution in [0.4, 0.5) is 0 Å². The lowest BCUT2D eigenvalue weighted by Gasteiger charge is -2.59. The van der Waals surface area contributed by atoms with E-state index in [1.807, 2.05) is 6.92 Å². The van der Waals surface area contributed by atoms with E-state index in [0.717, 1.165) is 6.42 Å². The third-order valence-electron chi connectivity index (χ3n) is 7.39. The zero-order valence-electron chi connectivity index (χ0n) is 18.0. The Bertz CT molecular complexity index is 559. The Hall–Kier alpha value is -0.360. The van der Waals surface area contributed by atoms with Gasteiger partial charge in [0.15, 0.2) is 6.29 Å². The number of rotatable bonds is 6. The van der Waals surface area contributed by atoms with Gasteiger partial charge >= 0.3 is 0 Å². The van der Waals surface area contributed by atoms with Crippen molar-refractivity contribution in [2.45, 2.75) is 89.1 Å². The lowest BCUT2D eigenvalue weighted by atomic mass is 9.49. The number of ether oxygens (including phenoxy) is 3. The van der Waals surface area contributed by atoms with Crippen LogP contribution in [0.1, 0.15) is 40.0 Å². The second-order valence-corrected chi connectivity index (χ2v) is 9.86. The molecule has 0 radical (unpaired) electrons. The highest BCUT2D eigenvalue weighted by molar-refractivity contribution is 5.07. The van der Waals surface area contributed by atoms with Crippen molar-refractivity contribution in [2.24, 2.45) is 23.2 Å². The quantitative estimate of drug-likeness (QED) is 0.310. The topological polar surface area (TPSA) is 149 Å². The fraction of sp³-hybridized carbons (Fsp3) is 1.00. The third-order valence-corrected chi connectivity index (χ3v) is 7.39. The Morgan fingerprint density at radius 3 is 2.33 bits per heavy atom. The van der Waals surface area contributed by atoms with Crippen molar-refractivity contribution in [3.8, 4) is 0 Å². The van der Waals surface area contributed by atoms with Gasteiger partial charge in [-0.3, -0.25) is 0 Å². The predicted molar refractivity (Wildman–Crippen MR) is 105 cm³/mol. The molecule has 0 spiro atoms. The zero-order chi connectivity index (χ0) is 22.2. The van der Waals surface area contributed by atoms with E-state index in [1.54, 1.807) is 0 Å². The molecule has 176 valence electrons. The SMILES string of the molecule is CC(C)CC1OCC(O)CC2C[C@@H](COC3OC(CO)C(O)C(O)C3O)[C@@]2(C)[C@@H]1O. The van der Waals surface area contributed by atoms with Gasteiger partial charge < -0.3 is 44.8 Å². The fourth-order valence-electron chi connectivity index (χ4n) is 5.31. The van der Waals surface area contributed by atoms with Crippen molar-refractivity contribution in [1.82, 2.24) is 0 Å². The molecule has 0 bridgehead atoms. The van der Waals surface area contributed by atoms with E-state index in [9.17, 15) is 30.6 Å².